The Morgan fingerprint density at radius 1 is 0.742 bits per heavy atom. The minimum Gasteiger partial charge on any atom is -1.00 e. The third-order valence-corrected chi connectivity index (χ3v) is 5.44. The average Bonchev–Trinajstić information content (AvgIpc) is 2.63. The number of aliphatic carboxylic acids is 1. The van der Waals surface area contributed by atoms with Crippen molar-refractivity contribution >= 4 is 11.9 Å². The molecular weight excluding hydrogens is 414 g/mol. The second-order valence-corrected chi connectivity index (χ2v) is 9.88. The highest BCUT2D eigenvalue weighted by Gasteiger charge is 2.24. The Kier molecular flexibility index (Phi) is 22.0. The van der Waals surface area contributed by atoms with Crippen molar-refractivity contribution in [3.05, 3.63) is 0 Å². The maximum absolute atomic E-state index is 12.0. The molecular formula is C25H50ClNO4. The zero-order valence-corrected chi connectivity index (χ0v) is 21.6. The van der Waals surface area contributed by atoms with Crippen LogP contribution in [-0.4, -0.2) is 55.3 Å². The number of rotatable bonds is 21. The van der Waals surface area contributed by atoms with E-state index in [9.17, 15) is 9.59 Å². The van der Waals surface area contributed by atoms with Gasteiger partial charge in [0.15, 0.2) is 6.10 Å². The number of carboxylic acid groups (broad SMARTS) is 1. The summed E-state index contributed by atoms with van der Waals surface area (Å²) in [7, 11) is 5.91. The van der Waals surface area contributed by atoms with Gasteiger partial charge in [0.05, 0.1) is 27.6 Å². The molecule has 5 nitrogen and oxygen atoms in total. The van der Waals surface area contributed by atoms with Gasteiger partial charge in [-0.15, -0.1) is 0 Å². The van der Waals surface area contributed by atoms with E-state index in [4.69, 9.17) is 9.84 Å². The lowest BCUT2D eigenvalue weighted by atomic mass is 10.0. The Labute approximate surface area is 198 Å². The molecule has 0 aromatic rings. The molecule has 0 aromatic carbocycles. The molecule has 0 fully saturated rings. The summed E-state index contributed by atoms with van der Waals surface area (Å²) in [6.45, 7) is 2.78. The highest BCUT2D eigenvalue weighted by Crippen LogP contribution is 2.14. The molecule has 0 aromatic heterocycles. The van der Waals surface area contributed by atoms with Crippen molar-refractivity contribution in [3.8, 4) is 0 Å². The molecule has 1 atom stereocenters. The van der Waals surface area contributed by atoms with Crippen LogP contribution in [0.25, 0.3) is 0 Å². The first-order valence-electron chi connectivity index (χ1n) is 12.5. The van der Waals surface area contributed by atoms with E-state index in [0.29, 0.717) is 17.4 Å². The van der Waals surface area contributed by atoms with Gasteiger partial charge in [-0.3, -0.25) is 9.59 Å². The van der Waals surface area contributed by atoms with E-state index in [1.54, 1.807) is 0 Å². The molecule has 0 aliphatic carbocycles. The maximum atomic E-state index is 12.0. The number of carbonyl (C=O) groups is 2. The first-order chi connectivity index (χ1) is 14.2. The first-order valence-corrected chi connectivity index (χ1v) is 12.5. The topological polar surface area (TPSA) is 63.6 Å². The van der Waals surface area contributed by atoms with Crippen LogP contribution in [-0.2, 0) is 14.3 Å². The van der Waals surface area contributed by atoms with Crippen LogP contribution in [0.2, 0.25) is 0 Å². The summed E-state index contributed by atoms with van der Waals surface area (Å²) in [6.07, 6.45) is 19.1. The number of unbranched alkanes of at least 4 members (excludes halogenated alkanes) is 14. The Bertz CT molecular complexity index is 438. The lowest BCUT2D eigenvalue weighted by Gasteiger charge is -2.28. The number of hydrogen-bond acceptors (Lipinski definition) is 3. The molecule has 0 heterocycles. The molecule has 0 saturated carbocycles. The Morgan fingerprint density at radius 3 is 1.48 bits per heavy atom. The van der Waals surface area contributed by atoms with E-state index in [1.165, 1.54) is 83.5 Å². The van der Waals surface area contributed by atoms with Crippen LogP contribution in [0.15, 0.2) is 0 Å². The zero-order chi connectivity index (χ0) is 22.7. The molecule has 0 amide bonds. The van der Waals surface area contributed by atoms with Crippen LogP contribution in [0.1, 0.15) is 116 Å². The highest BCUT2D eigenvalue weighted by molar-refractivity contribution is 5.71. The predicted molar refractivity (Wildman–Crippen MR) is 125 cm³/mol. The summed E-state index contributed by atoms with van der Waals surface area (Å²) in [5, 5.41) is 9.01. The van der Waals surface area contributed by atoms with Crippen molar-refractivity contribution in [2.45, 2.75) is 122 Å². The van der Waals surface area contributed by atoms with E-state index in [-0.39, 0.29) is 24.8 Å². The monoisotopic (exact) mass is 463 g/mol. The number of carbonyl (C=O) groups excluding carboxylic acids is 1. The summed E-state index contributed by atoms with van der Waals surface area (Å²) in [4.78, 5) is 23.0. The molecule has 0 spiro atoms. The Morgan fingerprint density at radius 2 is 1.13 bits per heavy atom. The fraction of sp³-hybridized carbons (Fsp3) is 0.920. The Hall–Kier alpha value is -0.810. The van der Waals surface area contributed by atoms with Crippen LogP contribution in [0, 0.1) is 0 Å². The lowest BCUT2D eigenvalue weighted by Crippen LogP contribution is -3.00. The molecule has 31 heavy (non-hydrogen) atoms. The molecule has 1 N–H and O–H groups in total. The van der Waals surface area contributed by atoms with Gasteiger partial charge in [0.1, 0.15) is 6.54 Å². The SMILES string of the molecule is CCCCCCCCCCCCCCCCCC(=O)O[C@H](CC(=O)O)C[N+](C)(C)C.[Cl-]. The third kappa shape index (κ3) is 25.3. The number of esters is 1. The number of quaternary nitrogens is 1. The summed E-state index contributed by atoms with van der Waals surface area (Å²) >= 11 is 0. The number of likely N-dealkylation sites (N-methyl/N-ethyl adjacent to an activating group) is 1. The summed E-state index contributed by atoms with van der Waals surface area (Å²) in [5.41, 5.74) is 0. The van der Waals surface area contributed by atoms with Crippen molar-refractivity contribution in [1.82, 2.24) is 0 Å². The van der Waals surface area contributed by atoms with Gasteiger partial charge in [-0.25, -0.2) is 0 Å². The molecule has 0 radical (unpaired) electrons. The highest BCUT2D eigenvalue weighted by atomic mass is 35.5. The number of nitrogens with zero attached hydrogens (tertiary/aromatic N) is 1. The van der Waals surface area contributed by atoms with Gasteiger partial charge in [-0.1, -0.05) is 96.8 Å². The largest absolute Gasteiger partial charge is 1.00 e. The number of hydrogen-bond donors (Lipinski definition) is 1. The maximum Gasteiger partial charge on any atom is 0.307 e. The van der Waals surface area contributed by atoms with Gasteiger partial charge >= 0.3 is 11.9 Å². The van der Waals surface area contributed by atoms with Crippen LogP contribution in [0.3, 0.4) is 0 Å². The average molecular weight is 464 g/mol. The smallest absolute Gasteiger partial charge is 0.307 e. The van der Waals surface area contributed by atoms with Crippen LogP contribution in [0.5, 0.6) is 0 Å². The Balaban J connectivity index is 0. The summed E-state index contributed by atoms with van der Waals surface area (Å²) in [5.74, 6) is -1.18. The van der Waals surface area contributed by atoms with Gasteiger partial charge in [0, 0.05) is 6.42 Å². The van der Waals surface area contributed by atoms with Crippen LogP contribution < -0.4 is 12.4 Å². The van der Waals surface area contributed by atoms with Crippen molar-refractivity contribution in [3.63, 3.8) is 0 Å². The van der Waals surface area contributed by atoms with Crippen LogP contribution in [0.4, 0.5) is 0 Å². The standard InChI is InChI=1S/C25H49NO4.ClH/c1-5-6-7-8-9-10-11-12-13-14-15-16-17-18-19-20-25(29)30-23(21-24(27)28)22-26(2,3)4;/h23H,5-22H2,1-4H3;1H/t23-;/m1./s1. The lowest BCUT2D eigenvalue weighted by molar-refractivity contribution is -0.873. The zero-order valence-electron chi connectivity index (χ0n) is 20.8. The minimum absolute atomic E-state index is 0. The second-order valence-electron chi connectivity index (χ2n) is 9.88. The molecule has 186 valence electrons. The van der Waals surface area contributed by atoms with Crippen molar-refractivity contribution < 1.29 is 36.3 Å². The normalized spacial score (nSPS) is 12.3. The van der Waals surface area contributed by atoms with E-state index in [0.717, 1.165) is 12.8 Å². The number of halogens is 1. The number of ether oxygens (including phenoxy) is 1. The van der Waals surface area contributed by atoms with Crippen molar-refractivity contribution in [2.24, 2.45) is 0 Å². The van der Waals surface area contributed by atoms with Gasteiger partial charge in [-0.05, 0) is 6.42 Å². The van der Waals surface area contributed by atoms with Gasteiger partial charge < -0.3 is 26.7 Å². The fourth-order valence-electron chi connectivity index (χ4n) is 3.83. The molecule has 0 unspecified atom stereocenters. The molecule has 0 bridgehead atoms. The van der Waals surface area contributed by atoms with Gasteiger partial charge in [0.2, 0.25) is 0 Å². The third-order valence-electron chi connectivity index (χ3n) is 5.44. The minimum atomic E-state index is -0.923. The predicted octanol–water partition coefficient (Wildman–Crippen LogP) is 3.34. The van der Waals surface area contributed by atoms with Crippen molar-refractivity contribution in [2.75, 3.05) is 27.7 Å². The molecule has 6 heteroatoms. The summed E-state index contributed by atoms with van der Waals surface area (Å²) in [6, 6.07) is 0. The molecule has 0 aliphatic heterocycles. The summed E-state index contributed by atoms with van der Waals surface area (Å²) < 4.78 is 5.99. The molecule has 0 saturated heterocycles. The molecule has 0 aliphatic rings. The van der Waals surface area contributed by atoms with Crippen LogP contribution >= 0.6 is 0 Å². The van der Waals surface area contributed by atoms with E-state index >= 15 is 0 Å². The molecule has 0 rings (SSSR count). The van der Waals surface area contributed by atoms with Crippen molar-refractivity contribution in [1.29, 1.82) is 0 Å². The van der Waals surface area contributed by atoms with Gasteiger partial charge in [-0.2, -0.15) is 0 Å². The van der Waals surface area contributed by atoms with Gasteiger partial charge in [0.25, 0.3) is 0 Å². The van der Waals surface area contributed by atoms with E-state index in [1.807, 2.05) is 21.1 Å². The quantitative estimate of drug-likeness (QED) is 0.161. The fourth-order valence-corrected chi connectivity index (χ4v) is 3.83. The second kappa shape index (κ2) is 21.1. The first kappa shape index (κ1) is 32.4. The number of carboxylic acids is 1. The van der Waals surface area contributed by atoms with E-state index in [2.05, 4.69) is 6.92 Å². The van der Waals surface area contributed by atoms with E-state index < -0.39 is 12.1 Å².